The van der Waals surface area contributed by atoms with Gasteiger partial charge >= 0.3 is 0 Å². The highest BCUT2D eigenvalue weighted by Gasteiger charge is 2.25. The molecule has 0 aromatic heterocycles. The van der Waals surface area contributed by atoms with Crippen LogP contribution >= 0.6 is 0 Å². The van der Waals surface area contributed by atoms with Crippen LogP contribution in [0.4, 0.5) is 5.69 Å². The Morgan fingerprint density at radius 2 is 2.06 bits per heavy atom. The molecule has 0 bridgehead atoms. The van der Waals surface area contributed by atoms with E-state index in [0.29, 0.717) is 17.7 Å². The summed E-state index contributed by atoms with van der Waals surface area (Å²) in [4.78, 5) is 11.7. The first-order valence-electron chi connectivity index (χ1n) is 5.10. The molecular formula is C12H15N3O. The van der Waals surface area contributed by atoms with Crippen molar-refractivity contribution in [3.05, 3.63) is 29.8 Å². The van der Waals surface area contributed by atoms with Crippen LogP contribution < -0.4 is 11.1 Å². The molecule has 0 aliphatic carbocycles. The van der Waals surface area contributed by atoms with Crippen LogP contribution in [0.1, 0.15) is 25.8 Å². The molecule has 1 atom stereocenters. The van der Waals surface area contributed by atoms with Gasteiger partial charge in [-0.2, -0.15) is 5.26 Å². The Labute approximate surface area is 95.1 Å². The van der Waals surface area contributed by atoms with Gasteiger partial charge in [0.15, 0.2) is 0 Å². The van der Waals surface area contributed by atoms with Crippen LogP contribution in [0.25, 0.3) is 0 Å². The quantitative estimate of drug-likeness (QED) is 0.807. The smallest absolute Gasteiger partial charge is 0.244 e. The summed E-state index contributed by atoms with van der Waals surface area (Å²) >= 11 is 0. The summed E-state index contributed by atoms with van der Waals surface area (Å²) in [6, 6.07) is 8.67. The number of hydrogen-bond donors (Lipinski definition) is 2. The number of amides is 1. The lowest BCUT2D eigenvalue weighted by molar-refractivity contribution is -0.120. The van der Waals surface area contributed by atoms with Crippen LogP contribution in [0.15, 0.2) is 24.3 Å². The van der Waals surface area contributed by atoms with E-state index in [1.54, 1.807) is 31.2 Å². The van der Waals surface area contributed by atoms with Crippen molar-refractivity contribution in [1.29, 1.82) is 5.26 Å². The monoisotopic (exact) mass is 217 g/mol. The fourth-order valence-corrected chi connectivity index (χ4v) is 1.06. The molecule has 0 saturated heterocycles. The van der Waals surface area contributed by atoms with E-state index in [4.69, 9.17) is 11.0 Å². The molecule has 3 N–H and O–H groups in total. The number of carbonyl (C=O) groups is 1. The summed E-state index contributed by atoms with van der Waals surface area (Å²) in [5.41, 5.74) is 6.14. The van der Waals surface area contributed by atoms with Crippen molar-refractivity contribution in [3.8, 4) is 6.07 Å². The van der Waals surface area contributed by atoms with Gasteiger partial charge in [-0.15, -0.1) is 0 Å². The van der Waals surface area contributed by atoms with E-state index >= 15 is 0 Å². The zero-order chi connectivity index (χ0) is 12.2. The molecule has 1 aromatic rings. The van der Waals surface area contributed by atoms with Crippen molar-refractivity contribution in [2.45, 2.75) is 25.8 Å². The highest BCUT2D eigenvalue weighted by atomic mass is 16.2. The molecule has 0 heterocycles. The number of nitrogens with two attached hydrogens (primary N) is 1. The maximum Gasteiger partial charge on any atom is 0.244 e. The standard InChI is InChI=1S/C12H15N3O/c1-3-12(2,14)11(16)15-10-6-4-9(8-13)5-7-10/h4-7H,3,14H2,1-2H3,(H,15,16). The predicted molar refractivity (Wildman–Crippen MR) is 62.7 cm³/mol. The van der Waals surface area contributed by atoms with E-state index < -0.39 is 5.54 Å². The van der Waals surface area contributed by atoms with Crippen molar-refractivity contribution in [2.75, 3.05) is 5.32 Å². The second-order valence-electron chi connectivity index (χ2n) is 3.91. The third-order valence-corrected chi connectivity index (χ3v) is 2.53. The number of nitrogens with one attached hydrogen (secondary N) is 1. The number of nitriles is 1. The zero-order valence-corrected chi connectivity index (χ0v) is 9.45. The lowest BCUT2D eigenvalue weighted by Gasteiger charge is -2.21. The zero-order valence-electron chi connectivity index (χ0n) is 9.45. The molecule has 0 fully saturated rings. The molecule has 0 radical (unpaired) electrons. The van der Waals surface area contributed by atoms with Gasteiger partial charge in [-0.1, -0.05) is 6.92 Å². The average Bonchev–Trinajstić information content (AvgIpc) is 2.30. The van der Waals surface area contributed by atoms with Crippen LogP contribution in [0, 0.1) is 11.3 Å². The van der Waals surface area contributed by atoms with E-state index in [2.05, 4.69) is 5.32 Å². The number of hydrogen-bond acceptors (Lipinski definition) is 3. The largest absolute Gasteiger partial charge is 0.325 e. The normalized spacial score (nSPS) is 13.6. The maximum atomic E-state index is 11.7. The molecule has 0 spiro atoms. The summed E-state index contributed by atoms with van der Waals surface area (Å²) in [7, 11) is 0. The number of anilines is 1. The first-order valence-corrected chi connectivity index (χ1v) is 5.10. The number of carbonyl (C=O) groups excluding carboxylic acids is 1. The van der Waals surface area contributed by atoms with Gasteiger partial charge in [0.25, 0.3) is 0 Å². The Morgan fingerprint density at radius 3 is 2.50 bits per heavy atom. The molecule has 1 aromatic carbocycles. The van der Waals surface area contributed by atoms with E-state index in [1.165, 1.54) is 0 Å². The first kappa shape index (κ1) is 12.2. The van der Waals surface area contributed by atoms with Gasteiger partial charge in [-0.25, -0.2) is 0 Å². The molecular weight excluding hydrogens is 202 g/mol. The molecule has 4 nitrogen and oxygen atoms in total. The molecule has 1 amide bonds. The van der Waals surface area contributed by atoms with Crippen LogP contribution in [-0.2, 0) is 4.79 Å². The van der Waals surface area contributed by atoms with E-state index in [0.717, 1.165) is 0 Å². The highest BCUT2D eigenvalue weighted by molar-refractivity contribution is 5.97. The van der Waals surface area contributed by atoms with E-state index in [9.17, 15) is 4.79 Å². The van der Waals surface area contributed by atoms with Gasteiger partial charge in [-0.05, 0) is 37.6 Å². The predicted octanol–water partition coefficient (Wildman–Crippen LogP) is 1.62. The van der Waals surface area contributed by atoms with Crippen molar-refractivity contribution >= 4 is 11.6 Å². The second kappa shape index (κ2) is 4.77. The number of nitrogens with zero attached hydrogens (tertiary/aromatic N) is 1. The minimum absolute atomic E-state index is 0.222. The topological polar surface area (TPSA) is 78.9 Å². The molecule has 84 valence electrons. The van der Waals surface area contributed by atoms with Crippen LogP contribution in [0.5, 0.6) is 0 Å². The molecule has 1 rings (SSSR count). The Hall–Kier alpha value is -1.86. The van der Waals surface area contributed by atoms with Crippen molar-refractivity contribution in [1.82, 2.24) is 0 Å². The third kappa shape index (κ3) is 2.81. The molecule has 0 aliphatic heterocycles. The minimum Gasteiger partial charge on any atom is -0.325 e. The summed E-state index contributed by atoms with van der Waals surface area (Å²) in [5, 5.41) is 11.3. The maximum absolute atomic E-state index is 11.7. The molecule has 0 saturated carbocycles. The lowest BCUT2D eigenvalue weighted by atomic mass is 9.99. The van der Waals surface area contributed by atoms with Gasteiger partial charge in [0.1, 0.15) is 0 Å². The van der Waals surface area contributed by atoms with Gasteiger partial charge < -0.3 is 11.1 Å². The van der Waals surface area contributed by atoms with Gasteiger partial charge in [-0.3, -0.25) is 4.79 Å². The molecule has 16 heavy (non-hydrogen) atoms. The molecule has 0 aliphatic rings. The Morgan fingerprint density at radius 1 is 1.50 bits per heavy atom. The second-order valence-corrected chi connectivity index (χ2v) is 3.91. The SMILES string of the molecule is CCC(C)(N)C(=O)Nc1ccc(C#N)cc1. The van der Waals surface area contributed by atoms with Gasteiger partial charge in [0.05, 0.1) is 17.2 Å². The van der Waals surface area contributed by atoms with Gasteiger partial charge in [0, 0.05) is 5.69 Å². The van der Waals surface area contributed by atoms with E-state index in [-0.39, 0.29) is 5.91 Å². The van der Waals surface area contributed by atoms with Crippen molar-refractivity contribution < 1.29 is 4.79 Å². The molecule has 1 unspecified atom stereocenters. The Kier molecular flexibility index (Phi) is 3.64. The molecule has 4 heteroatoms. The van der Waals surface area contributed by atoms with Crippen molar-refractivity contribution in [2.24, 2.45) is 5.73 Å². The fourth-order valence-electron chi connectivity index (χ4n) is 1.06. The number of benzene rings is 1. The fraction of sp³-hybridized carbons (Fsp3) is 0.333. The van der Waals surface area contributed by atoms with Crippen molar-refractivity contribution in [3.63, 3.8) is 0 Å². The summed E-state index contributed by atoms with van der Waals surface area (Å²) in [6.45, 7) is 3.55. The summed E-state index contributed by atoms with van der Waals surface area (Å²) < 4.78 is 0. The van der Waals surface area contributed by atoms with Crippen LogP contribution in [0.3, 0.4) is 0 Å². The van der Waals surface area contributed by atoms with Gasteiger partial charge in [0.2, 0.25) is 5.91 Å². The highest BCUT2D eigenvalue weighted by Crippen LogP contribution is 2.12. The number of rotatable bonds is 3. The third-order valence-electron chi connectivity index (χ3n) is 2.53. The lowest BCUT2D eigenvalue weighted by Crippen LogP contribution is -2.47. The summed E-state index contributed by atoms with van der Waals surface area (Å²) in [5.74, 6) is -0.222. The van der Waals surface area contributed by atoms with Crippen LogP contribution in [-0.4, -0.2) is 11.4 Å². The summed E-state index contributed by atoms with van der Waals surface area (Å²) in [6.07, 6.45) is 0.565. The minimum atomic E-state index is -0.867. The van der Waals surface area contributed by atoms with E-state index in [1.807, 2.05) is 13.0 Å². The Balaban J connectivity index is 2.75. The Bertz CT molecular complexity index is 415. The first-order chi connectivity index (χ1) is 7.49. The average molecular weight is 217 g/mol. The van der Waals surface area contributed by atoms with Crippen LogP contribution in [0.2, 0.25) is 0 Å².